The molecular formula is C27H31F2N5O3. The van der Waals surface area contributed by atoms with Crippen LogP contribution in [0.4, 0.5) is 19.3 Å². The van der Waals surface area contributed by atoms with Gasteiger partial charge >= 0.3 is 6.03 Å². The second-order valence-corrected chi connectivity index (χ2v) is 9.74. The van der Waals surface area contributed by atoms with Gasteiger partial charge < -0.3 is 25.1 Å². The average Bonchev–Trinajstić information content (AvgIpc) is 3.55. The fraction of sp³-hybridized carbons (Fsp3) is 0.407. The number of rotatable bonds is 7. The Kier molecular flexibility index (Phi) is 7.01. The van der Waals surface area contributed by atoms with E-state index in [-0.39, 0.29) is 23.2 Å². The zero-order chi connectivity index (χ0) is 26.0. The number of aromatic amines is 1. The highest BCUT2D eigenvalue weighted by Crippen LogP contribution is 2.50. The van der Waals surface area contributed by atoms with Crippen LogP contribution in [0, 0.1) is 11.6 Å². The van der Waals surface area contributed by atoms with Crippen molar-refractivity contribution in [3.63, 3.8) is 0 Å². The van der Waals surface area contributed by atoms with Gasteiger partial charge in [-0.05, 0) is 62.1 Å². The summed E-state index contributed by atoms with van der Waals surface area (Å²) < 4.78 is 37.9. The Morgan fingerprint density at radius 3 is 2.70 bits per heavy atom. The number of nitrogens with one attached hydrogen (secondary N) is 3. The van der Waals surface area contributed by atoms with Crippen LogP contribution in [0.25, 0.3) is 0 Å². The number of imidazole rings is 1. The molecule has 0 bridgehead atoms. The molecule has 3 atom stereocenters. The average molecular weight is 512 g/mol. The number of H-pyrrole nitrogens is 1. The smallest absolute Gasteiger partial charge is 0.319 e. The van der Waals surface area contributed by atoms with Crippen LogP contribution in [-0.2, 0) is 12.0 Å². The molecule has 10 heteroatoms. The van der Waals surface area contributed by atoms with E-state index >= 15 is 0 Å². The van der Waals surface area contributed by atoms with E-state index in [0.717, 1.165) is 56.6 Å². The number of urea groups is 1. The molecule has 3 N–H and O–H groups in total. The molecule has 8 nitrogen and oxygen atoms in total. The summed E-state index contributed by atoms with van der Waals surface area (Å²) in [4.78, 5) is 22.5. The maximum atomic E-state index is 13.6. The number of fused-ring (bicyclic) bond motifs is 1. The lowest BCUT2D eigenvalue weighted by Gasteiger charge is -2.45. The van der Waals surface area contributed by atoms with Crippen LogP contribution < -0.4 is 20.1 Å². The van der Waals surface area contributed by atoms with Crippen molar-refractivity contribution in [1.82, 2.24) is 20.2 Å². The zero-order valence-electron chi connectivity index (χ0n) is 20.9. The minimum Gasteiger partial charge on any atom is -0.493 e. The first kappa shape index (κ1) is 25.0. The van der Waals surface area contributed by atoms with Gasteiger partial charge in [0.05, 0.1) is 20.5 Å². The van der Waals surface area contributed by atoms with E-state index in [1.54, 1.807) is 20.5 Å². The first-order valence-corrected chi connectivity index (χ1v) is 12.4. The number of ether oxygens (including phenoxy) is 2. The number of carbonyl (C=O) groups is 1. The maximum Gasteiger partial charge on any atom is 0.319 e. The molecule has 2 fully saturated rings. The summed E-state index contributed by atoms with van der Waals surface area (Å²) in [7, 11) is 3.27. The van der Waals surface area contributed by atoms with Gasteiger partial charge in [0.2, 0.25) is 0 Å². The van der Waals surface area contributed by atoms with Crippen LogP contribution in [0.2, 0.25) is 0 Å². The Bertz CT molecular complexity index is 1250. The number of methoxy groups -OCH3 is 2. The van der Waals surface area contributed by atoms with Gasteiger partial charge in [-0.25, -0.2) is 18.6 Å². The highest BCUT2D eigenvalue weighted by atomic mass is 19.2. The van der Waals surface area contributed by atoms with E-state index in [2.05, 4.69) is 37.6 Å². The van der Waals surface area contributed by atoms with Gasteiger partial charge in [0.1, 0.15) is 0 Å². The lowest BCUT2D eigenvalue weighted by molar-refractivity contribution is 0.130. The molecule has 1 aliphatic heterocycles. The third-order valence-electron chi connectivity index (χ3n) is 7.77. The van der Waals surface area contributed by atoms with Crippen molar-refractivity contribution in [2.24, 2.45) is 0 Å². The van der Waals surface area contributed by atoms with Crippen LogP contribution in [0.3, 0.4) is 0 Å². The van der Waals surface area contributed by atoms with Gasteiger partial charge in [-0.15, -0.1) is 0 Å². The molecule has 1 saturated carbocycles. The number of nitrogens with zero attached hydrogens (tertiary/aromatic N) is 2. The Morgan fingerprint density at radius 2 is 1.97 bits per heavy atom. The van der Waals surface area contributed by atoms with E-state index in [1.165, 1.54) is 11.6 Å². The Balaban J connectivity index is 1.36. The summed E-state index contributed by atoms with van der Waals surface area (Å²) in [5, 5.41) is 5.66. The molecule has 5 rings (SSSR count). The normalized spacial score (nSPS) is 23.4. The van der Waals surface area contributed by atoms with Crippen molar-refractivity contribution < 1.29 is 23.0 Å². The lowest BCUT2D eigenvalue weighted by atomic mass is 9.65. The molecule has 0 spiro atoms. The summed E-state index contributed by atoms with van der Waals surface area (Å²) in [5.41, 5.74) is 2.34. The van der Waals surface area contributed by atoms with Crippen molar-refractivity contribution in [3.8, 4) is 11.5 Å². The van der Waals surface area contributed by atoms with E-state index in [0.29, 0.717) is 11.5 Å². The minimum atomic E-state index is -1.00. The summed E-state index contributed by atoms with van der Waals surface area (Å²) in [6.45, 7) is 1.64. The predicted molar refractivity (Wildman–Crippen MR) is 135 cm³/mol. The number of amides is 2. The second kappa shape index (κ2) is 10.4. The summed E-state index contributed by atoms with van der Waals surface area (Å²) in [6, 6.07) is 9.11. The molecule has 1 aliphatic carbocycles. The van der Waals surface area contributed by atoms with Gasteiger partial charge in [0, 0.05) is 47.7 Å². The summed E-state index contributed by atoms with van der Waals surface area (Å²) in [5.74, 6) is -0.569. The van der Waals surface area contributed by atoms with Gasteiger partial charge in [-0.3, -0.25) is 4.90 Å². The molecule has 2 amide bonds. The maximum absolute atomic E-state index is 13.6. The Hall–Kier alpha value is -3.66. The second-order valence-electron chi connectivity index (χ2n) is 9.74. The van der Waals surface area contributed by atoms with E-state index in [4.69, 9.17) is 9.47 Å². The number of carbonyl (C=O) groups excluding carboxylic acids is 1. The van der Waals surface area contributed by atoms with Crippen LogP contribution in [0.15, 0.2) is 48.9 Å². The molecule has 1 saturated heterocycles. The van der Waals surface area contributed by atoms with Gasteiger partial charge in [0.15, 0.2) is 23.1 Å². The molecule has 3 unspecified atom stereocenters. The minimum absolute atomic E-state index is 0.0778. The third kappa shape index (κ3) is 4.98. The van der Waals surface area contributed by atoms with Crippen molar-refractivity contribution in [2.45, 2.75) is 49.7 Å². The van der Waals surface area contributed by atoms with Gasteiger partial charge in [0.25, 0.3) is 0 Å². The van der Waals surface area contributed by atoms with Gasteiger partial charge in [-0.2, -0.15) is 0 Å². The topological polar surface area (TPSA) is 91.5 Å². The first-order valence-electron chi connectivity index (χ1n) is 12.4. The fourth-order valence-electron chi connectivity index (χ4n) is 5.96. The number of aromatic nitrogens is 2. The summed E-state index contributed by atoms with van der Waals surface area (Å²) in [6.07, 6.45) is 6.91. The van der Waals surface area contributed by atoms with Gasteiger partial charge in [-0.1, -0.05) is 6.07 Å². The number of halogens is 2. The molecule has 37 heavy (non-hydrogen) atoms. The zero-order valence-corrected chi connectivity index (χ0v) is 20.9. The van der Waals surface area contributed by atoms with E-state index < -0.39 is 17.7 Å². The molecule has 2 aliphatic rings. The lowest BCUT2D eigenvalue weighted by Crippen LogP contribution is -2.52. The summed E-state index contributed by atoms with van der Waals surface area (Å²) >= 11 is 0. The van der Waals surface area contributed by atoms with Crippen LogP contribution >= 0.6 is 0 Å². The first-order chi connectivity index (χ1) is 17.9. The number of likely N-dealkylation sites (tertiary alicyclic amines) is 1. The number of hydrogen-bond acceptors (Lipinski definition) is 5. The standard InChI is InChI=1S/C27H31F2N5O3/c1-36-23-6-3-17(11-24(23)37-2)27-8-7-19(33-26(35)32-18-4-5-21(28)22(29)12-18)13-25(27)34(10-9-27)15-20-14-30-16-31-20/h3-6,11-12,14,16,19,25H,7-10,13,15H2,1-2H3,(H,30,31)(H2,32,33,35). The number of benzene rings is 2. The number of hydrogen-bond donors (Lipinski definition) is 3. The monoisotopic (exact) mass is 511 g/mol. The van der Waals surface area contributed by atoms with E-state index in [1.807, 2.05) is 12.3 Å². The van der Waals surface area contributed by atoms with Crippen molar-refractivity contribution in [3.05, 3.63) is 71.8 Å². The third-order valence-corrected chi connectivity index (χ3v) is 7.77. The molecule has 3 aromatic rings. The van der Waals surface area contributed by atoms with Crippen molar-refractivity contribution in [1.29, 1.82) is 0 Å². The quantitative estimate of drug-likeness (QED) is 0.432. The molecule has 2 aromatic carbocycles. The van der Waals surface area contributed by atoms with Crippen molar-refractivity contribution in [2.75, 3.05) is 26.1 Å². The highest BCUT2D eigenvalue weighted by molar-refractivity contribution is 5.89. The molecular weight excluding hydrogens is 480 g/mol. The molecule has 1 aromatic heterocycles. The molecule has 2 heterocycles. The molecule has 196 valence electrons. The molecule has 0 radical (unpaired) electrons. The Labute approximate surface area is 214 Å². The number of anilines is 1. The van der Waals surface area contributed by atoms with Crippen LogP contribution in [-0.4, -0.2) is 53.7 Å². The van der Waals surface area contributed by atoms with Crippen LogP contribution in [0.5, 0.6) is 11.5 Å². The largest absolute Gasteiger partial charge is 0.493 e. The fourth-order valence-corrected chi connectivity index (χ4v) is 5.96. The van der Waals surface area contributed by atoms with Crippen molar-refractivity contribution >= 4 is 11.7 Å². The highest BCUT2D eigenvalue weighted by Gasteiger charge is 2.51. The van der Waals surface area contributed by atoms with Crippen LogP contribution in [0.1, 0.15) is 36.9 Å². The van der Waals surface area contributed by atoms with E-state index in [9.17, 15) is 13.6 Å². The Morgan fingerprint density at radius 1 is 1.14 bits per heavy atom. The predicted octanol–water partition coefficient (Wildman–Crippen LogP) is 4.59. The SMILES string of the molecule is COc1ccc(C23CCC(NC(=O)Nc4ccc(F)c(F)c4)CC2N(Cc2cnc[nH]2)CC3)cc1OC.